The minimum Gasteiger partial charge on any atom is -0.460 e. The highest BCUT2D eigenvalue weighted by Gasteiger charge is 2.42. The molecule has 1 aliphatic carbocycles. The molecular formula is C10H16F2O3. The van der Waals surface area contributed by atoms with Crippen molar-refractivity contribution in [2.75, 3.05) is 13.2 Å². The average Bonchev–Trinajstić information content (AvgIpc) is 2.10. The predicted molar refractivity (Wildman–Crippen MR) is 49.5 cm³/mol. The molecule has 0 N–H and O–H groups in total. The van der Waals surface area contributed by atoms with E-state index in [2.05, 4.69) is 9.47 Å². The lowest BCUT2D eigenvalue weighted by Gasteiger charge is -2.25. The van der Waals surface area contributed by atoms with Crippen LogP contribution in [0.5, 0.6) is 0 Å². The van der Waals surface area contributed by atoms with Crippen LogP contribution in [0.15, 0.2) is 0 Å². The number of hydrogen-bond acceptors (Lipinski definition) is 3. The monoisotopic (exact) mass is 222 g/mol. The lowest BCUT2D eigenvalue weighted by molar-refractivity contribution is -0.251. The van der Waals surface area contributed by atoms with Crippen molar-refractivity contribution < 1.29 is 23.0 Å². The molecule has 0 atom stereocenters. The highest BCUT2D eigenvalue weighted by atomic mass is 19.3. The molecule has 0 aromatic heterocycles. The van der Waals surface area contributed by atoms with E-state index in [1.165, 1.54) is 13.3 Å². The molecule has 1 saturated carbocycles. The molecule has 0 bridgehead atoms. The lowest BCUT2D eigenvalue weighted by Crippen LogP contribution is -2.34. The molecular weight excluding hydrogens is 206 g/mol. The number of rotatable bonds is 6. The first-order valence-corrected chi connectivity index (χ1v) is 5.25. The molecule has 3 nitrogen and oxygen atoms in total. The highest BCUT2D eigenvalue weighted by molar-refractivity contribution is 5.75. The Balaban J connectivity index is 2.18. The first-order chi connectivity index (χ1) is 7.06. The Morgan fingerprint density at radius 3 is 2.60 bits per heavy atom. The van der Waals surface area contributed by atoms with Gasteiger partial charge in [0.05, 0.1) is 13.2 Å². The van der Waals surface area contributed by atoms with Gasteiger partial charge in [0.2, 0.25) is 0 Å². The summed E-state index contributed by atoms with van der Waals surface area (Å²) in [5.74, 6) is -1.11. The number of hydrogen-bond donors (Lipinski definition) is 0. The van der Waals surface area contributed by atoms with Crippen molar-refractivity contribution in [3.63, 3.8) is 0 Å². The zero-order valence-electron chi connectivity index (χ0n) is 8.80. The largest absolute Gasteiger partial charge is 0.460 e. The Hall–Kier alpha value is -0.710. The summed E-state index contributed by atoms with van der Waals surface area (Å²) in [6.07, 6.45) is 0.121. The Kier molecular flexibility index (Phi) is 4.45. The summed E-state index contributed by atoms with van der Waals surface area (Å²) in [7, 11) is 0. The second kappa shape index (κ2) is 5.39. The van der Waals surface area contributed by atoms with Gasteiger partial charge in [0.1, 0.15) is 0 Å². The highest BCUT2D eigenvalue weighted by Crippen LogP contribution is 2.30. The van der Waals surface area contributed by atoms with Crippen molar-refractivity contribution in [1.29, 1.82) is 0 Å². The van der Waals surface area contributed by atoms with E-state index in [-0.39, 0.29) is 13.2 Å². The maximum Gasteiger partial charge on any atom is 0.456 e. The Morgan fingerprint density at radius 1 is 1.47 bits per heavy atom. The number of carbonyl (C=O) groups is 1. The molecule has 0 aliphatic heterocycles. The van der Waals surface area contributed by atoms with E-state index < -0.39 is 12.1 Å². The van der Waals surface area contributed by atoms with E-state index in [0.29, 0.717) is 12.3 Å². The lowest BCUT2D eigenvalue weighted by atomic mass is 9.83. The van der Waals surface area contributed by atoms with Gasteiger partial charge in [-0.05, 0) is 19.3 Å². The number of alkyl halides is 2. The van der Waals surface area contributed by atoms with Crippen LogP contribution in [0.2, 0.25) is 0 Å². The fourth-order valence-electron chi connectivity index (χ4n) is 1.41. The second-order valence-electron chi connectivity index (χ2n) is 3.67. The van der Waals surface area contributed by atoms with Crippen molar-refractivity contribution in [3.8, 4) is 0 Å². The molecule has 1 rings (SSSR count). The third-order valence-electron chi connectivity index (χ3n) is 2.55. The molecule has 0 aromatic rings. The van der Waals surface area contributed by atoms with Crippen molar-refractivity contribution >= 4 is 5.97 Å². The number of halogens is 2. The summed E-state index contributed by atoms with van der Waals surface area (Å²) >= 11 is 0. The molecule has 15 heavy (non-hydrogen) atoms. The Labute approximate surface area is 87.7 Å². The molecule has 0 radical (unpaired) electrons. The van der Waals surface area contributed by atoms with Crippen LogP contribution in [0.4, 0.5) is 8.78 Å². The standard InChI is InChI=1S/C10H16F2O3/c1-2-14-9(13)10(11,12)15-7-6-8-4-3-5-8/h8H,2-7H2,1H3. The van der Waals surface area contributed by atoms with Gasteiger partial charge in [-0.3, -0.25) is 0 Å². The van der Waals surface area contributed by atoms with E-state index in [4.69, 9.17) is 0 Å². The zero-order chi connectivity index (χ0) is 11.3. The van der Waals surface area contributed by atoms with E-state index in [1.807, 2.05) is 0 Å². The Morgan fingerprint density at radius 2 is 2.13 bits per heavy atom. The smallest absolute Gasteiger partial charge is 0.456 e. The van der Waals surface area contributed by atoms with Crippen molar-refractivity contribution in [2.24, 2.45) is 5.92 Å². The molecule has 5 heteroatoms. The predicted octanol–water partition coefficient (Wildman–Crippen LogP) is 2.35. The third-order valence-corrected chi connectivity index (χ3v) is 2.55. The van der Waals surface area contributed by atoms with E-state index in [0.717, 1.165) is 12.8 Å². The van der Waals surface area contributed by atoms with E-state index in [9.17, 15) is 13.6 Å². The second-order valence-corrected chi connectivity index (χ2v) is 3.67. The van der Waals surface area contributed by atoms with E-state index >= 15 is 0 Å². The van der Waals surface area contributed by atoms with Gasteiger partial charge >= 0.3 is 12.1 Å². The van der Waals surface area contributed by atoms with Gasteiger partial charge in [-0.25, -0.2) is 4.79 Å². The van der Waals surface area contributed by atoms with Gasteiger partial charge in [0.15, 0.2) is 0 Å². The Bertz CT molecular complexity index is 215. The van der Waals surface area contributed by atoms with Crippen LogP contribution in [0.3, 0.4) is 0 Å². The number of carbonyl (C=O) groups excluding carboxylic acids is 1. The molecule has 1 fully saturated rings. The van der Waals surface area contributed by atoms with Gasteiger partial charge in [0, 0.05) is 0 Å². The first kappa shape index (κ1) is 12.4. The molecule has 0 amide bonds. The summed E-state index contributed by atoms with van der Waals surface area (Å²) in [4.78, 5) is 10.7. The van der Waals surface area contributed by atoms with E-state index in [1.54, 1.807) is 0 Å². The summed E-state index contributed by atoms with van der Waals surface area (Å²) in [6, 6.07) is 0. The topological polar surface area (TPSA) is 35.5 Å². The summed E-state index contributed by atoms with van der Waals surface area (Å²) in [6.45, 7) is 1.32. The summed E-state index contributed by atoms with van der Waals surface area (Å²) in [5, 5.41) is 0. The van der Waals surface area contributed by atoms with Gasteiger partial charge in [-0.2, -0.15) is 8.78 Å². The van der Waals surface area contributed by atoms with Crippen molar-refractivity contribution in [3.05, 3.63) is 0 Å². The quantitative estimate of drug-likeness (QED) is 0.647. The normalized spacial score (nSPS) is 17.3. The minimum absolute atomic E-state index is 0.0690. The van der Waals surface area contributed by atoms with Gasteiger partial charge < -0.3 is 9.47 Å². The number of esters is 1. The van der Waals surface area contributed by atoms with Crippen LogP contribution in [-0.4, -0.2) is 25.3 Å². The molecule has 0 aromatic carbocycles. The van der Waals surface area contributed by atoms with Gasteiger partial charge in [0.25, 0.3) is 0 Å². The van der Waals surface area contributed by atoms with Crippen molar-refractivity contribution in [2.45, 2.75) is 38.7 Å². The third kappa shape index (κ3) is 3.74. The molecule has 0 saturated heterocycles. The maximum absolute atomic E-state index is 12.9. The molecule has 1 aliphatic rings. The van der Waals surface area contributed by atoms with Gasteiger partial charge in [-0.1, -0.05) is 19.3 Å². The maximum atomic E-state index is 12.9. The fourth-order valence-corrected chi connectivity index (χ4v) is 1.41. The zero-order valence-corrected chi connectivity index (χ0v) is 8.80. The van der Waals surface area contributed by atoms with Crippen molar-refractivity contribution in [1.82, 2.24) is 0 Å². The molecule has 88 valence electrons. The average molecular weight is 222 g/mol. The first-order valence-electron chi connectivity index (χ1n) is 5.25. The summed E-state index contributed by atoms with van der Waals surface area (Å²) < 4.78 is 34.2. The fraction of sp³-hybridized carbons (Fsp3) is 0.900. The summed E-state index contributed by atoms with van der Waals surface area (Å²) in [5.41, 5.74) is 0. The van der Waals surface area contributed by atoms with Crippen LogP contribution in [-0.2, 0) is 14.3 Å². The van der Waals surface area contributed by atoms with Crippen LogP contribution in [0.1, 0.15) is 32.6 Å². The SMILES string of the molecule is CCOC(=O)C(F)(F)OCCC1CCC1. The van der Waals surface area contributed by atoms with Crippen LogP contribution >= 0.6 is 0 Å². The number of ether oxygens (including phenoxy) is 2. The molecule has 0 unspecified atom stereocenters. The molecule has 0 heterocycles. The minimum atomic E-state index is -3.79. The van der Waals surface area contributed by atoms with Crippen LogP contribution in [0, 0.1) is 5.92 Å². The van der Waals surface area contributed by atoms with Crippen LogP contribution < -0.4 is 0 Å². The molecule has 0 spiro atoms. The van der Waals surface area contributed by atoms with Gasteiger partial charge in [-0.15, -0.1) is 0 Å². The van der Waals surface area contributed by atoms with Crippen LogP contribution in [0.25, 0.3) is 0 Å².